The Balaban J connectivity index is 1.84. The highest BCUT2D eigenvalue weighted by molar-refractivity contribution is 7.98. The highest BCUT2D eigenvalue weighted by atomic mass is 32.2. The first-order chi connectivity index (χ1) is 13.1. The zero-order valence-corrected chi connectivity index (χ0v) is 16.0. The zero-order valence-electron chi connectivity index (χ0n) is 15.2. The van der Waals surface area contributed by atoms with Gasteiger partial charge in [-0.05, 0) is 49.2 Å². The molecular formula is C22H19N3OS. The maximum Gasteiger partial charge on any atom is 0.267 e. The van der Waals surface area contributed by atoms with Gasteiger partial charge >= 0.3 is 0 Å². The van der Waals surface area contributed by atoms with Gasteiger partial charge in [0, 0.05) is 11.9 Å². The normalized spacial score (nSPS) is 11.0. The van der Waals surface area contributed by atoms with Crippen molar-refractivity contribution >= 4 is 22.7 Å². The minimum Gasteiger partial charge on any atom is -0.268 e. The van der Waals surface area contributed by atoms with Gasteiger partial charge in [-0.1, -0.05) is 53.7 Å². The highest BCUT2D eigenvalue weighted by Gasteiger charge is 2.14. The molecule has 4 aromatic rings. The number of benzene rings is 2. The largest absolute Gasteiger partial charge is 0.268 e. The van der Waals surface area contributed by atoms with Crippen molar-refractivity contribution in [3.8, 4) is 5.82 Å². The lowest BCUT2D eigenvalue weighted by molar-refractivity contribution is 0.794. The summed E-state index contributed by atoms with van der Waals surface area (Å²) in [6.45, 7) is 4.07. The molecule has 0 aliphatic carbocycles. The quantitative estimate of drug-likeness (QED) is 0.385. The first kappa shape index (κ1) is 17.5. The second-order valence-corrected chi connectivity index (χ2v) is 7.46. The van der Waals surface area contributed by atoms with E-state index in [9.17, 15) is 4.79 Å². The fourth-order valence-electron chi connectivity index (χ4n) is 3.00. The van der Waals surface area contributed by atoms with Gasteiger partial charge in [0.25, 0.3) is 5.56 Å². The third kappa shape index (κ3) is 3.64. The summed E-state index contributed by atoms with van der Waals surface area (Å²) in [5.41, 5.74) is 4.08. The van der Waals surface area contributed by atoms with E-state index in [-0.39, 0.29) is 5.56 Å². The Labute approximate surface area is 161 Å². The summed E-state index contributed by atoms with van der Waals surface area (Å²) in [7, 11) is 0. The minimum absolute atomic E-state index is 0.0922. The van der Waals surface area contributed by atoms with Crippen LogP contribution in [0.15, 0.2) is 76.8 Å². The number of aryl methyl sites for hydroxylation is 2. The molecule has 5 heteroatoms. The molecule has 0 saturated heterocycles. The summed E-state index contributed by atoms with van der Waals surface area (Å²) in [4.78, 5) is 22.4. The number of para-hydroxylation sites is 1. The van der Waals surface area contributed by atoms with Crippen molar-refractivity contribution in [2.24, 2.45) is 0 Å². The van der Waals surface area contributed by atoms with Crippen LogP contribution in [0.1, 0.15) is 16.7 Å². The molecule has 134 valence electrons. The van der Waals surface area contributed by atoms with Crippen LogP contribution in [0.4, 0.5) is 0 Å². The SMILES string of the molecule is Cc1cccc(CSc2nc3ccccc3c(=O)n2-c2cc(C)ccn2)c1. The van der Waals surface area contributed by atoms with Gasteiger partial charge in [-0.3, -0.25) is 4.79 Å². The Morgan fingerprint density at radius 1 is 0.963 bits per heavy atom. The van der Waals surface area contributed by atoms with Crippen molar-refractivity contribution in [1.82, 2.24) is 14.5 Å². The van der Waals surface area contributed by atoms with E-state index in [0.29, 0.717) is 21.9 Å². The van der Waals surface area contributed by atoms with Crippen molar-refractivity contribution in [3.05, 3.63) is 93.9 Å². The summed E-state index contributed by atoms with van der Waals surface area (Å²) in [6.07, 6.45) is 1.72. The van der Waals surface area contributed by atoms with Crippen molar-refractivity contribution < 1.29 is 0 Å². The topological polar surface area (TPSA) is 47.8 Å². The van der Waals surface area contributed by atoms with E-state index in [4.69, 9.17) is 4.98 Å². The Hall–Kier alpha value is -2.92. The zero-order chi connectivity index (χ0) is 18.8. The van der Waals surface area contributed by atoms with Gasteiger partial charge in [-0.15, -0.1) is 0 Å². The number of hydrogen-bond donors (Lipinski definition) is 0. The third-order valence-electron chi connectivity index (χ3n) is 4.33. The molecule has 0 aliphatic heterocycles. The molecule has 0 aliphatic rings. The summed E-state index contributed by atoms with van der Waals surface area (Å²) in [5.74, 6) is 1.34. The summed E-state index contributed by atoms with van der Waals surface area (Å²) < 4.78 is 1.62. The van der Waals surface area contributed by atoms with Crippen LogP contribution in [0.5, 0.6) is 0 Å². The molecule has 0 radical (unpaired) electrons. The van der Waals surface area contributed by atoms with Crippen molar-refractivity contribution in [1.29, 1.82) is 0 Å². The molecule has 2 aromatic carbocycles. The number of hydrogen-bond acceptors (Lipinski definition) is 4. The van der Waals surface area contributed by atoms with Crippen LogP contribution in [0.25, 0.3) is 16.7 Å². The van der Waals surface area contributed by atoms with Crippen LogP contribution in [0.3, 0.4) is 0 Å². The molecule has 0 N–H and O–H groups in total. The number of fused-ring (bicyclic) bond motifs is 1. The van der Waals surface area contributed by atoms with E-state index >= 15 is 0 Å². The molecule has 0 bridgehead atoms. The van der Waals surface area contributed by atoms with Gasteiger partial charge in [0.2, 0.25) is 0 Å². The molecule has 2 aromatic heterocycles. The summed E-state index contributed by atoms with van der Waals surface area (Å²) in [5, 5.41) is 1.25. The second-order valence-electron chi connectivity index (χ2n) is 6.52. The lowest BCUT2D eigenvalue weighted by atomic mass is 10.2. The predicted octanol–water partition coefficient (Wildman–Crippen LogP) is 4.69. The molecule has 0 fully saturated rings. The Morgan fingerprint density at radius 2 is 1.78 bits per heavy atom. The van der Waals surface area contributed by atoms with Crippen LogP contribution >= 0.6 is 11.8 Å². The van der Waals surface area contributed by atoms with Crippen molar-refractivity contribution in [3.63, 3.8) is 0 Å². The van der Waals surface area contributed by atoms with Gasteiger partial charge in [0.05, 0.1) is 10.9 Å². The average molecular weight is 373 g/mol. The van der Waals surface area contributed by atoms with Crippen LogP contribution < -0.4 is 5.56 Å². The van der Waals surface area contributed by atoms with E-state index < -0.39 is 0 Å². The fourth-order valence-corrected chi connectivity index (χ4v) is 3.95. The lowest BCUT2D eigenvalue weighted by Crippen LogP contribution is -2.22. The maximum absolute atomic E-state index is 13.2. The van der Waals surface area contributed by atoms with Gasteiger partial charge in [0.15, 0.2) is 5.16 Å². The summed E-state index contributed by atoms with van der Waals surface area (Å²) in [6, 6.07) is 19.7. The Bertz CT molecular complexity index is 1180. The first-order valence-corrected chi connectivity index (χ1v) is 9.73. The van der Waals surface area contributed by atoms with Crippen molar-refractivity contribution in [2.45, 2.75) is 24.8 Å². The minimum atomic E-state index is -0.0922. The maximum atomic E-state index is 13.2. The molecule has 4 nitrogen and oxygen atoms in total. The molecule has 0 unspecified atom stereocenters. The van der Waals surface area contributed by atoms with Crippen LogP contribution in [0, 0.1) is 13.8 Å². The van der Waals surface area contributed by atoms with Gasteiger partial charge in [-0.25, -0.2) is 14.5 Å². The van der Waals surface area contributed by atoms with E-state index in [1.54, 1.807) is 22.5 Å². The highest BCUT2D eigenvalue weighted by Crippen LogP contribution is 2.24. The van der Waals surface area contributed by atoms with Crippen molar-refractivity contribution in [2.75, 3.05) is 0 Å². The molecule has 4 rings (SSSR count). The van der Waals surface area contributed by atoms with Crippen LogP contribution in [-0.4, -0.2) is 14.5 Å². The molecule has 27 heavy (non-hydrogen) atoms. The number of thioether (sulfide) groups is 1. The molecular weight excluding hydrogens is 354 g/mol. The standard InChI is InChI=1S/C22H19N3OS/c1-15-6-5-7-17(12-15)14-27-22-24-19-9-4-3-8-18(19)21(26)25(22)20-13-16(2)10-11-23-20/h3-13H,14H2,1-2H3. The number of nitrogens with zero attached hydrogens (tertiary/aromatic N) is 3. The van der Waals surface area contributed by atoms with Crippen LogP contribution in [-0.2, 0) is 5.75 Å². The lowest BCUT2D eigenvalue weighted by Gasteiger charge is -2.13. The Morgan fingerprint density at radius 3 is 2.59 bits per heavy atom. The second kappa shape index (κ2) is 7.37. The van der Waals surface area contributed by atoms with Crippen LogP contribution in [0.2, 0.25) is 0 Å². The smallest absolute Gasteiger partial charge is 0.267 e. The molecule has 0 amide bonds. The molecule has 0 spiro atoms. The summed E-state index contributed by atoms with van der Waals surface area (Å²) >= 11 is 1.55. The Kier molecular flexibility index (Phi) is 4.77. The molecule has 2 heterocycles. The van der Waals surface area contributed by atoms with Gasteiger partial charge in [-0.2, -0.15) is 0 Å². The average Bonchev–Trinajstić information content (AvgIpc) is 2.66. The van der Waals surface area contributed by atoms with Gasteiger partial charge in [0.1, 0.15) is 5.82 Å². The number of aromatic nitrogens is 3. The molecule has 0 saturated carbocycles. The van der Waals surface area contributed by atoms with Gasteiger partial charge < -0.3 is 0 Å². The first-order valence-electron chi connectivity index (χ1n) is 8.75. The molecule has 0 atom stereocenters. The number of pyridine rings is 1. The van der Waals surface area contributed by atoms with E-state index in [0.717, 1.165) is 11.3 Å². The van der Waals surface area contributed by atoms with E-state index in [1.165, 1.54) is 11.1 Å². The van der Waals surface area contributed by atoms with E-state index in [2.05, 4.69) is 30.1 Å². The number of rotatable bonds is 4. The monoisotopic (exact) mass is 373 g/mol. The fraction of sp³-hybridized carbons (Fsp3) is 0.136. The predicted molar refractivity (Wildman–Crippen MR) is 111 cm³/mol. The van der Waals surface area contributed by atoms with E-state index in [1.807, 2.05) is 49.4 Å². The third-order valence-corrected chi connectivity index (χ3v) is 5.34.